The zero-order valence-corrected chi connectivity index (χ0v) is 11.5. The summed E-state index contributed by atoms with van der Waals surface area (Å²) in [4.78, 5) is 12.1. The number of ketones is 1. The normalized spacial score (nSPS) is 10.2. The molecule has 0 spiro atoms. The molecule has 2 rings (SSSR count). The summed E-state index contributed by atoms with van der Waals surface area (Å²) in [5.74, 6) is 0.216. The zero-order chi connectivity index (χ0) is 14.5. The second-order valence-corrected chi connectivity index (χ2v) is 4.90. The summed E-state index contributed by atoms with van der Waals surface area (Å²) in [5.41, 5.74) is 9.10. The van der Waals surface area contributed by atoms with Crippen molar-refractivity contribution in [3.8, 4) is 0 Å². The third kappa shape index (κ3) is 3.54. The Balaban J connectivity index is 1.96. The Morgan fingerprint density at radius 1 is 1.00 bits per heavy atom. The Labute approximate surface area is 118 Å². The van der Waals surface area contributed by atoms with Crippen LogP contribution in [0.2, 0.25) is 0 Å². The Hall–Kier alpha value is -2.42. The van der Waals surface area contributed by atoms with Gasteiger partial charge in [-0.05, 0) is 18.9 Å². The third-order valence-corrected chi connectivity index (χ3v) is 3.28. The van der Waals surface area contributed by atoms with Gasteiger partial charge in [-0.3, -0.25) is 10.2 Å². The van der Waals surface area contributed by atoms with Crippen LogP contribution in [0.15, 0.2) is 48.5 Å². The van der Waals surface area contributed by atoms with Crippen molar-refractivity contribution >= 4 is 11.6 Å². The van der Waals surface area contributed by atoms with Gasteiger partial charge in [0.15, 0.2) is 5.78 Å². The number of Topliss-reactive ketones (excluding diaryl/α,β-unsaturated/α-hetero) is 1. The van der Waals surface area contributed by atoms with E-state index in [0.717, 1.165) is 16.7 Å². The highest BCUT2D eigenvalue weighted by molar-refractivity contribution is 5.96. The minimum atomic E-state index is 0.0623. The maximum Gasteiger partial charge on any atom is 0.163 e. The van der Waals surface area contributed by atoms with Gasteiger partial charge in [0, 0.05) is 17.5 Å². The van der Waals surface area contributed by atoms with Crippen molar-refractivity contribution in [2.24, 2.45) is 5.73 Å². The molecule has 0 aromatic heterocycles. The minimum Gasteiger partial charge on any atom is -0.384 e. The molecule has 0 aliphatic rings. The maximum absolute atomic E-state index is 12.1. The highest BCUT2D eigenvalue weighted by Gasteiger charge is 2.06. The summed E-state index contributed by atoms with van der Waals surface area (Å²) >= 11 is 0. The Bertz CT molecular complexity index is 612. The number of nitrogen functional groups attached to an aromatic ring is 1. The number of benzene rings is 2. The van der Waals surface area contributed by atoms with Crippen molar-refractivity contribution in [1.82, 2.24) is 0 Å². The number of nitrogens with two attached hydrogens (primary N) is 1. The number of hydrogen-bond donors (Lipinski definition) is 2. The van der Waals surface area contributed by atoms with Crippen LogP contribution in [-0.2, 0) is 6.42 Å². The molecule has 0 saturated heterocycles. The lowest BCUT2D eigenvalue weighted by atomic mass is 10.0. The number of aryl methyl sites for hydroxylation is 2. The van der Waals surface area contributed by atoms with Crippen molar-refractivity contribution < 1.29 is 4.79 Å². The van der Waals surface area contributed by atoms with E-state index >= 15 is 0 Å². The predicted molar refractivity (Wildman–Crippen MR) is 81.3 cm³/mol. The highest BCUT2D eigenvalue weighted by atomic mass is 16.1. The summed E-state index contributed by atoms with van der Waals surface area (Å²) in [7, 11) is 0. The Kier molecular flexibility index (Phi) is 4.31. The average Bonchev–Trinajstić information content (AvgIpc) is 2.46. The lowest BCUT2D eigenvalue weighted by Gasteiger charge is -2.04. The molecule has 0 aliphatic heterocycles. The van der Waals surface area contributed by atoms with Crippen LogP contribution in [-0.4, -0.2) is 11.6 Å². The Morgan fingerprint density at radius 2 is 1.55 bits per heavy atom. The Morgan fingerprint density at radius 3 is 2.10 bits per heavy atom. The largest absolute Gasteiger partial charge is 0.384 e. The first-order valence-corrected chi connectivity index (χ1v) is 6.59. The molecule has 20 heavy (non-hydrogen) atoms. The van der Waals surface area contributed by atoms with Gasteiger partial charge in [-0.2, -0.15) is 0 Å². The molecule has 0 atom stereocenters. The molecule has 2 aromatic rings. The smallest absolute Gasteiger partial charge is 0.163 e. The number of hydrogen-bond acceptors (Lipinski definition) is 2. The average molecular weight is 266 g/mol. The van der Waals surface area contributed by atoms with Crippen LogP contribution in [0.3, 0.4) is 0 Å². The van der Waals surface area contributed by atoms with Crippen LogP contribution in [0.25, 0.3) is 0 Å². The van der Waals surface area contributed by atoms with Crippen molar-refractivity contribution in [2.45, 2.75) is 19.8 Å². The molecule has 0 fully saturated rings. The van der Waals surface area contributed by atoms with Gasteiger partial charge < -0.3 is 5.73 Å². The molecule has 3 N–H and O–H groups in total. The van der Waals surface area contributed by atoms with E-state index in [-0.39, 0.29) is 11.6 Å². The molecule has 0 saturated carbocycles. The first-order valence-electron chi connectivity index (χ1n) is 6.59. The fourth-order valence-corrected chi connectivity index (χ4v) is 1.99. The van der Waals surface area contributed by atoms with Crippen LogP contribution < -0.4 is 5.73 Å². The fraction of sp³-hybridized carbons (Fsp3) is 0.176. The van der Waals surface area contributed by atoms with Gasteiger partial charge in [0.1, 0.15) is 5.84 Å². The molecule has 102 valence electrons. The molecule has 3 nitrogen and oxygen atoms in total. The van der Waals surface area contributed by atoms with E-state index < -0.39 is 0 Å². The van der Waals surface area contributed by atoms with Gasteiger partial charge >= 0.3 is 0 Å². The van der Waals surface area contributed by atoms with Crippen LogP contribution >= 0.6 is 0 Å². The second kappa shape index (κ2) is 6.15. The summed E-state index contributed by atoms with van der Waals surface area (Å²) in [6.07, 6.45) is 1.19. The minimum absolute atomic E-state index is 0.0623. The SMILES string of the molecule is Cc1ccc(C(=O)CCc2ccc(C(=N)N)cc2)cc1. The summed E-state index contributed by atoms with van der Waals surface area (Å²) in [6, 6.07) is 15.1. The van der Waals surface area contributed by atoms with Crippen molar-refractivity contribution in [3.05, 3.63) is 70.8 Å². The van der Waals surface area contributed by atoms with E-state index in [0.29, 0.717) is 18.4 Å². The molecule has 0 amide bonds. The van der Waals surface area contributed by atoms with Crippen molar-refractivity contribution in [2.75, 3.05) is 0 Å². The highest BCUT2D eigenvalue weighted by Crippen LogP contribution is 2.11. The van der Waals surface area contributed by atoms with Gasteiger partial charge in [-0.25, -0.2) is 0 Å². The molecule has 0 radical (unpaired) electrons. The van der Waals surface area contributed by atoms with Gasteiger partial charge in [-0.15, -0.1) is 0 Å². The molecule has 0 heterocycles. The van der Waals surface area contributed by atoms with Gasteiger partial charge in [0.2, 0.25) is 0 Å². The van der Waals surface area contributed by atoms with E-state index in [1.165, 1.54) is 0 Å². The zero-order valence-electron chi connectivity index (χ0n) is 11.5. The van der Waals surface area contributed by atoms with Crippen LogP contribution in [0, 0.1) is 12.3 Å². The second-order valence-electron chi connectivity index (χ2n) is 4.90. The van der Waals surface area contributed by atoms with Crippen molar-refractivity contribution in [3.63, 3.8) is 0 Å². The van der Waals surface area contributed by atoms with Crippen molar-refractivity contribution in [1.29, 1.82) is 5.41 Å². The summed E-state index contributed by atoms with van der Waals surface area (Å²) in [6.45, 7) is 2.00. The van der Waals surface area contributed by atoms with E-state index in [9.17, 15) is 4.79 Å². The summed E-state index contributed by atoms with van der Waals surface area (Å²) in [5, 5.41) is 7.33. The lowest BCUT2D eigenvalue weighted by molar-refractivity contribution is 0.0983. The molecule has 0 unspecified atom stereocenters. The van der Waals surface area contributed by atoms with Gasteiger partial charge in [-0.1, -0.05) is 54.1 Å². The summed E-state index contributed by atoms with van der Waals surface area (Å²) < 4.78 is 0. The quantitative estimate of drug-likeness (QED) is 0.496. The standard InChI is InChI=1S/C17H18N2O/c1-12-2-7-14(8-3-12)16(20)11-6-13-4-9-15(10-5-13)17(18)19/h2-5,7-10H,6,11H2,1H3,(H3,18,19). The monoisotopic (exact) mass is 266 g/mol. The van der Waals surface area contributed by atoms with E-state index in [4.69, 9.17) is 11.1 Å². The third-order valence-electron chi connectivity index (χ3n) is 3.28. The number of carbonyl (C=O) groups excluding carboxylic acids is 1. The molecular formula is C17H18N2O. The first-order chi connectivity index (χ1) is 9.56. The maximum atomic E-state index is 12.1. The number of carbonyl (C=O) groups is 1. The molecule has 0 aliphatic carbocycles. The van der Waals surface area contributed by atoms with E-state index in [2.05, 4.69) is 0 Å². The number of rotatable bonds is 5. The van der Waals surface area contributed by atoms with Crippen LogP contribution in [0.5, 0.6) is 0 Å². The molecule has 3 heteroatoms. The van der Waals surface area contributed by atoms with E-state index in [1.807, 2.05) is 55.5 Å². The molecule has 2 aromatic carbocycles. The molecular weight excluding hydrogens is 248 g/mol. The van der Waals surface area contributed by atoms with Gasteiger partial charge in [0.05, 0.1) is 0 Å². The number of nitrogens with one attached hydrogen (secondary N) is 1. The fourth-order valence-electron chi connectivity index (χ4n) is 1.99. The lowest BCUT2D eigenvalue weighted by Crippen LogP contribution is -2.10. The first kappa shape index (κ1) is 14.0. The molecule has 0 bridgehead atoms. The topological polar surface area (TPSA) is 66.9 Å². The van der Waals surface area contributed by atoms with Gasteiger partial charge in [0.25, 0.3) is 0 Å². The van der Waals surface area contributed by atoms with E-state index in [1.54, 1.807) is 0 Å². The predicted octanol–water partition coefficient (Wildman–Crippen LogP) is 3.09. The van der Waals surface area contributed by atoms with Crippen LogP contribution in [0.4, 0.5) is 0 Å². The number of amidine groups is 1. The van der Waals surface area contributed by atoms with Crippen LogP contribution in [0.1, 0.15) is 33.5 Å².